The fraction of sp³-hybridized carbons (Fsp3) is 0. The second-order valence-corrected chi connectivity index (χ2v) is 5.08. The van der Waals surface area contributed by atoms with E-state index in [1.54, 1.807) is 36.7 Å². The van der Waals surface area contributed by atoms with Crippen LogP contribution in [0.25, 0.3) is 11.3 Å². The molecular formula is C17H12ClN3O2. The van der Waals surface area contributed by atoms with Gasteiger partial charge in [-0.1, -0.05) is 23.7 Å². The molecule has 0 radical (unpaired) electrons. The predicted molar refractivity (Wildman–Crippen MR) is 88.5 cm³/mol. The lowest BCUT2D eigenvalue weighted by Gasteiger charge is -1.98. The summed E-state index contributed by atoms with van der Waals surface area (Å²) >= 11 is 5.96. The maximum absolute atomic E-state index is 11.8. The van der Waals surface area contributed by atoms with Crippen LogP contribution in [0.3, 0.4) is 0 Å². The Kier molecular flexibility index (Phi) is 4.49. The number of amides is 1. The molecule has 0 aliphatic carbocycles. The number of furan rings is 1. The van der Waals surface area contributed by atoms with Gasteiger partial charge in [-0.05, 0) is 36.4 Å². The van der Waals surface area contributed by atoms with Gasteiger partial charge in [-0.15, -0.1) is 0 Å². The lowest BCUT2D eigenvalue weighted by Crippen LogP contribution is -2.17. The lowest BCUT2D eigenvalue weighted by atomic mass is 10.2. The number of hydrogen-bond acceptors (Lipinski definition) is 4. The van der Waals surface area contributed by atoms with Crippen LogP contribution in [0.5, 0.6) is 0 Å². The van der Waals surface area contributed by atoms with Gasteiger partial charge in [0, 0.05) is 28.5 Å². The van der Waals surface area contributed by atoms with Crippen LogP contribution in [-0.2, 0) is 0 Å². The number of rotatable bonds is 4. The molecule has 0 aliphatic heterocycles. The van der Waals surface area contributed by atoms with Crippen LogP contribution in [0.1, 0.15) is 16.1 Å². The van der Waals surface area contributed by atoms with Crippen LogP contribution in [0.4, 0.5) is 0 Å². The largest absolute Gasteiger partial charge is 0.455 e. The number of nitrogens with zero attached hydrogens (tertiary/aromatic N) is 2. The third-order valence-corrected chi connectivity index (χ3v) is 3.27. The molecule has 114 valence electrons. The van der Waals surface area contributed by atoms with E-state index in [4.69, 9.17) is 16.0 Å². The number of carbonyl (C=O) groups is 1. The van der Waals surface area contributed by atoms with E-state index in [0.717, 1.165) is 5.56 Å². The molecule has 23 heavy (non-hydrogen) atoms. The summed E-state index contributed by atoms with van der Waals surface area (Å²) < 4.78 is 5.64. The van der Waals surface area contributed by atoms with E-state index in [0.29, 0.717) is 22.1 Å². The molecule has 0 fully saturated rings. The van der Waals surface area contributed by atoms with Crippen LogP contribution in [0, 0.1) is 0 Å². The first-order valence-electron chi connectivity index (χ1n) is 6.81. The number of benzene rings is 1. The maximum Gasteiger partial charge on any atom is 0.271 e. The molecule has 1 aromatic carbocycles. The second-order valence-electron chi connectivity index (χ2n) is 4.65. The van der Waals surface area contributed by atoms with Crippen molar-refractivity contribution >= 4 is 23.7 Å². The lowest BCUT2D eigenvalue weighted by molar-refractivity contribution is 0.0955. The Hall–Kier alpha value is -2.92. The normalized spacial score (nSPS) is 10.8. The molecule has 2 heterocycles. The first-order valence-corrected chi connectivity index (χ1v) is 7.19. The van der Waals surface area contributed by atoms with Crippen LogP contribution < -0.4 is 5.43 Å². The molecular weight excluding hydrogens is 314 g/mol. The number of pyridine rings is 1. The molecule has 3 aromatic rings. The zero-order valence-electron chi connectivity index (χ0n) is 11.9. The van der Waals surface area contributed by atoms with Gasteiger partial charge in [-0.3, -0.25) is 9.78 Å². The molecule has 0 atom stereocenters. The van der Waals surface area contributed by atoms with Gasteiger partial charge in [-0.2, -0.15) is 5.10 Å². The Labute approximate surface area is 137 Å². The molecule has 3 rings (SSSR count). The molecule has 1 amide bonds. The van der Waals surface area contributed by atoms with Gasteiger partial charge in [0.2, 0.25) is 0 Å². The molecule has 5 nitrogen and oxygen atoms in total. The van der Waals surface area contributed by atoms with E-state index in [2.05, 4.69) is 15.5 Å². The van der Waals surface area contributed by atoms with E-state index in [-0.39, 0.29) is 5.91 Å². The van der Waals surface area contributed by atoms with Crippen molar-refractivity contribution in [2.24, 2.45) is 5.10 Å². The molecule has 1 N–H and O–H groups in total. The van der Waals surface area contributed by atoms with Gasteiger partial charge >= 0.3 is 0 Å². The summed E-state index contributed by atoms with van der Waals surface area (Å²) in [5, 5.41) is 4.52. The van der Waals surface area contributed by atoms with Crippen LogP contribution in [0.2, 0.25) is 5.02 Å². The standard InChI is InChI=1S/C17H12ClN3O2/c18-14-3-1-2-13(10-14)16-5-4-15(23-16)11-20-21-17(22)12-6-8-19-9-7-12/h1-11H,(H,21,22). The highest BCUT2D eigenvalue weighted by molar-refractivity contribution is 6.30. The number of hydrazone groups is 1. The minimum absolute atomic E-state index is 0.315. The van der Waals surface area contributed by atoms with Crippen molar-refractivity contribution < 1.29 is 9.21 Å². The van der Waals surface area contributed by atoms with E-state index in [1.807, 2.05) is 24.3 Å². The average Bonchev–Trinajstić information content (AvgIpc) is 3.04. The molecule has 0 saturated heterocycles. The third kappa shape index (κ3) is 3.84. The van der Waals surface area contributed by atoms with Crippen LogP contribution in [-0.4, -0.2) is 17.1 Å². The number of hydrogen-bond donors (Lipinski definition) is 1. The molecule has 0 aliphatic rings. The molecule has 0 unspecified atom stereocenters. The first kappa shape index (κ1) is 15.0. The molecule has 0 saturated carbocycles. The van der Waals surface area contributed by atoms with E-state index >= 15 is 0 Å². The maximum atomic E-state index is 11.8. The minimum atomic E-state index is -0.315. The number of carbonyl (C=O) groups excluding carboxylic acids is 1. The average molecular weight is 326 g/mol. The number of nitrogens with one attached hydrogen (secondary N) is 1. The van der Waals surface area contributed by atoms with Crippen LogP contribution >= 0.6 is 11.6 Å². The fourth-order valence-corrected chi connectivity index (χ4v) is 2.13. The van der Waals surface area contributed by atoms with Crippen molar-refractivity contribution in [2.45, 2.75) is 0 Å². The summed E-state index contributed by atoms with van der Waals surface area (Å²) in [7, 11) is 0. The van der Waals surface area contributed by atoms with Crippen LogP contribution in [0.15, 0.2) is 70.4 Å². The first-order chi connectivity index (χ1) is 11.2. The van der Waals surface area contributed by atoms with Gasteiger partial charge < -0.3 is 4.42 Å². The Morgan fingerprint density at radius 3 is 2.78 bits per heavy atom. The Morgan fingerprint density at radius 2 is 2.00 bits per heavy atom. The van der Waals surface area contributed by atoms with Crippen molar-refractivity contribution in [3.8, 4) is 11.3 Å². The predicted octanol–water partition coefficient (Wildman–Crippen LogP) is 3.76. The third-order valence-electron chi connectivity index (χ3n) is 3.04. The summed E-state index contributed by atoms with van der Waals surface area (Å²) in [6, 6.07) is 14.2. The van der Waals surface area contributed by atoms with E-state index in [9.17, 15) is 4.79 Å². The smallest absolute Gasteiger partial charge is 0.271 e. The van der Waals surface area contributed by atoms with E-state index < -0.39 is 0 Å². The molecule has 0 spiro atoms. The number of halogens is 1. The molecule has 2 aromatic heterocycles. The molecule has 6 heteroatoms. The zero-order chi connectivity index (χ0) is 16.1. The summed E-state index contributed by atoms with van der Waals surface area (Å²) in [5.74, 6) is 0.884. The van der Waals surface area contributed by atoms with Gasteiger partial charge in [0.05, 0.1) is 6.21 Å². The number of aromatic nitrogens is 1. The fourth-order valence-electron chi connectivity index (χ4n) is 1.94. The highest BCUT2D eigenvalue weighted by atomic mass is 35.5. The van der Waals surface area contributed by atoms with Crippen molar-refractivity contribution in [3.63, 3.8) is 0 Å². The summed E-state index contributed by atoms with van der Waals surface area (Å²) in [4.78, 5) is 15.7. The van der Waals surface area contributed by atoms with E-state index in [1.165, 1.54) is 6.21 Å². The Balaban J connectivity index is 1.66. The minimum Gasteiger partial charge on any atom is -0.455 e. The van der Waals surface area contributed by atoms with Gasteiger partial charge in [0.1, 0.15) is 11.5 Å². The summed E-state index contributed by atoms with van der Waals surface area (Å²) in [6.07, 6.45) is 4.53. The summed E-state index contributed by atoms with van der Waals surface area (Å²) in [6.45, 7) is 0. The van der Waals surface area contributed by atoms with Crippen molar-refractivity contribution in [2.75, 3.05) is 0 Å². The van der Waals surface area contributed by atoms with Crippen molar-refractivity contribution in [3.05, 3.63) is 77.3 Å². The van der Waals surface area contributed by atoms with Crippen molar-refractivity contribution in [1.82, 2.24) is 10.4 Å². The van der Waals surface area contributed by atoms with Gasteiger partial charge in [0.25, 0.3) is 5.91 Å². The Morgan fingerprint density at radius 1 is 1.17 bits per heavy atom. The quantitative estimate of drug-likeness (QED) is 0.586. The SMILES string of the molecule is O=C(NN=Cc1ccc(-c2cccc(Cl)c2)o1)c1ccncc1. The zero-order valence-corrected chi connectivity index (χ0v) is 12.7. The topological polar surface area (TPSA) is 67.5 Å². The highest BCUT2D eigenvalue weighted by Crippen LogP contribution is 2.24. The second kappa shape index (κ2) is 6.89. The molecule has 0 bridgehead atoms. The van der Waals surface area contributed by atoms with Gasteiger partial charge in [-0.25, -0.2) is 5.43 Å². The highest BCUT2D eigenvalue weighted by Gasteiger charge is 2.05. The van der Waals surface area contributed by atoms with Gasteiger partial charge in [0.15, 0.2) is 0 Å². The summed E-state index contributed by atoms with van der Waals surface area (Å²) in [5.41, 5.74) is 3.78. The Bertz CT molecular complexity index is 844. The van der Waals surface area contributed by atoms with Crippen molar-refractivity contribution in [1.29, 1.82) is 0 Å². The monoisotopic (exact) mass is 325 g/mol.